The van der Waals surface area contributed by atoms with Crippen LogP contribution in [0, 0.1) is 3.70 Å². The molecule has 0 unspecified atom stereocenters. The first-order chi connectivity index (χ1) is 4.20. The summed E-state index contributed by atoms with van der Waals surface area (Å²) in [6.07, 6.45) is 1.47. The van der Waals surface area contributed by atoms with Gasteiger partial charge in [-0.3, -0.25) is 0 Å². The Labute approximate surface area is 70.8 Å². The third-order valence-electron chi connectivity index (χ3n) is 0.708. The van der Waals surface area contributed by atoms with Crippen molar-refractivity contribution in [2.75, 3.05) is 5.73 Å². The van der Waals surface area contributed by atoms with E-state index < -0.39 is 0 Å². The van der Waals surface area contributed by atoms with Crippen molar-refractivity contribution in [3.63, 3.8) is 0 Å². The molecule has 1 aromatic heterocycles. The van der Waals surface area contributed by atoms with Crippen LogP contribution in [0.25, 0.3) is 0 Å². The normalized spacial score (nSPS) is 9.56. The van der Waals surface area contributed by atoms with Gasteiger partial charge in [-0.25, -0.2) is 9.97 Å². The van der Waals surface area contributed by atoms with E-state index in [1.807, 2.05) is 22.6 Å². The van der Waals surface area contributed by atoms with E-state index in [0.717, 1.165) is 0 Å². The van der Waals surface area contributed by atoms with E-state index in [0.29, 0.717) is 14.7 Å². The van der Waals surface area contributed by atoms with Gasteiger partial charge in [0.25, 0.3) is 0 Å². The SMILES string of the molecule is Nc1cnc(I)c(Cl)n1. The van der Waals surface area contributed by atoms with E-state index in [2.05, 4.69) is 9.97 Å². The number of hydrogen-bond acceptors (Lipinski definition) is 3. The lowest BCUT2D eigenvalue weighted by atomic mass is 10.7. The van der Waals surface area contributed by atoms with Crippen LogP contribution in [0.15, 0.2) is 6.20 Å². The fraction of sp³-hybridized carbons (Fsp3) is 0. The van der Waals surface area contributed by atoms with Crippen LogP contribution in [0.2, 0.25) is 5.15 Å². The molecule has 0 aliphatic heterocycles. The number of hydrogen-bond donors (Lipinski definition) is 1. The number of halogens is 2. The van der Waals surface area contributed by atoms with Crippen LogP contribution < -0.4 is 5.73 Å². The standard InChI is InChI=1S/C4H3ClIN3/c5-3-4(6)8-1-2(7)9-3/h1H,(H2,7,9). The minimum absolute atomic E-state index is 0.348. The molecule has 1 rings (SSSR count). The number of nitrogen functional groups attached to an aromatic ring is 1. The van der Waals surface area contributed by atoms with Crippen LogP contribution in [-0.4, -0.2) is 9.97 Å². The van der Waals surface area contributed by atoms with E-state index in [1.54, 1.807) is 0 Å². The van der Waals surface area contributed by atoms with Gasteiger partial charge in [-0.15, -0.1) is 0 Å². The summed E-state index contributed by atoms with van der Waals surface area (Å²) in [7, 11) is 0. The predicted octanol–water partition coefficient (Wildman–Crippen LogP) is 1.32. The van der Waals surface area contributed by atoms with Gasteiger partial charge in [0, 0.05) is 0 Å². The summed E-state index contributed by atoms with van der Waals surface area (Å²) in [5, 5.41) is 0.357. The van der Waals surface area contributed by atoms with Crippen molar-refractivity contribution in [2.24, 2.45) is 0 Å². The molecule has 0 atom stereocenters. The van der Waals surface area contributed by atoms with Crippen molar-refractivity contribution in [3.8, 4) is 0 Å². The minimum atomic E-state index is 0.348. The molecule has 0 spiro atoms. The second kappa shape index (κ2) is 2.66. The quantitative estimate of drug-likeness (QED) is 0.711. The minimum Gasteiger partial charge on any atom is -0.382 e. The Morgan fingerprint density at radius 1 is 1.67 bits per heavy atom. The van der Waals surface area contributed by atoms with Gasteiger partial charge in [0.05, 0.1) is 6.20 Å². The molecule has 0 fully saturated rings. The zero-order chi connectivity index (χ0) is 6.85. The average Bonchev–Trinajstić information content (AvgIpc) is 1.80. The molecule has 0 radical (unpaired) electrons. The van der Waals surface area contributed by atoms with Crippen molar-refractivity contribution < 1.29 is 0 Å². The zero-order valence-corrected chi connectivity index (χ0v) is 7.22. The average molecular weight is 255 g/mol. The third kappa shape index (κ3) is 1.65. The van der Waals surface area contributed by atoms with Gasteiger partial charge < -0.3 is 5.73 Å². The second-order valence-corrected chi connectivity index (χ2v) is 2.76. The summed E-state index contributed by atoms with van der Waals surface area (Å²) >= 11 is 7.53. The van der Waals surface area contributed by atoms with Crippen molar-refractivity contribution in [3.05, 3.63) is 15.1 Å². The maximum atomic E-state index is 5.55. The molecule has 2 N–H and O–H groups in total. The van der Waals surface area contributed by atoms with Crippen LogP contribution in [-0.2, 0) is 0 Å². The molecular weight excluding hydrogens is 252 g/mol. The fourth-order valence-electron chi connectivity index (χ4n) is 0.364. The lowest BCUT2D eigenvalue weighted by Gasteiger charge is -1.92. The summed E-state index contributed by atoms with van der Waals surface area (Å²) in [5.74, 6) is 0.348. The van der Waals surface area contributed by atoms with Crippen molar-refractivity contribution in [2.45, 2.75) is 0 Å². The first-order valence-electron chi connectivity index (χ1n) is 2.13. The van der Waals surface area contributed by atoms with E-state index in [1.165, 1.54) is 6.20 Å². The van der Waals surface area contributed by atoms with Crippen molar-refractivity contribution >= 4 is 40.0 Å². The van der Waals surface area contributed by atoms with Crippen LogP contribution in [0.4, 0.5) is 5.82 Å². The Morgan fingerprint density at radius 3 is 2.78 bits per heavy atom. The Kier molecular flexibility index (Phi) is 2.07. The number of nitrogens with two attached hydrogens (primary N) is 1. The lowest BCUT2D eigenvalue weighted by molar-refractivity contribution is 1.17. The summed E-state index contributed by atoms with van der Waals surface area (Å²) in [5.41, 5.74) is 5.27. The number of aromatic nitrogens is 2. The van der Waals surface area contributed by atoms with E-state index in [-0.39, 0.29) is 0 Å². The van der Waals surface area contributed by atoms with Crippen molar-refractivity contribution in [1.29, 1.82) is 0 Å². The number of nitrogens with zero attached hydrogens (tertiary/aromatic N) is 2. The molecule has 3 nitrogen and oxygen atoms in total. The fourth-order valence-corrected chi connectivity index (χ4v) is 0.771. The van der Waals surface area contributed by atoms with Crippen LogP contribution in [0.3, 0.4) is 0 Å². The van der Waals surface area contributed by atoms with Crippen LogP contribution in [0.5, 0.6) is 0 Å². The van der Waals surface area contributed by atoms with Gasteiger partial charge in [-0.1, -0.05) is 11.6 Å². The molecule has 5 heteroatoms. The first-order valence-corrected chi connectivity index (χ1v) is 3.59. The van der Waals surface area contributed by atoms with Crippen LogP contribution in [0.1, 0.15) is 0 Å². The zero-order valence-electron chi connectivity index (χ0n) is 4.31. The second-order valence-electron chi connectivity index (χ2n) is 1.38. The Hall–Kier alpha value is -0.100. The van der Waals surface area contributed by atoms with Gasteiger partial charge >= 0.3 is 0 Å². The largest absolute Gasteiger partial charge is 0.382 e. The Bertz CT molecular complexity index is 227. The van der Waals surface area contributed by atoms with Gasteiger partial charge in [0.15, 0.2) is 5.15 Å². The van der Waals surface area contributed by atoms with Crippen LogP contribution >= 0.6 is 34.2 Å². The lowest BCUT2D eigenvalue weighted by Crippen LogP contribution is -1.93. The number of rotatable bonds is 0. The molecular formula is C4H3ClIN3. The summed E-state index contributed by atoms with van der Waals surface area (Å²) in [6, 6.07) is 0. The van der Waals surface area contributed by atoms with Gasteiger partial charge in [-0.2, -0.15) is 0 Å². The molecule has 48 valence electrons. The molecule has 0 amide bonds. The van der Waals surface area contributed by atoms with Gasteiger partial charge in [0.2, 0.25) is 0 Å². The summed E-state index contributed by atoms with van der Waals surface area (Å²) in [6.45, 7) is 0. The van der Waals surface area contributed by atoms with E-state index >= 15 is 0 Å². The van der Waals surface area contributed by atoms with E-state index in [9.17, 15) is 0 Å². The Balaban J connectivity index is 3.17. The molecule has 0 saturated heterocycles. The highest BCUT2D eigenvalue weighted by Gasteiger charge is 1.97. The monoisotopic (exact) mass is 255 g/mol. The summed E-state index contributed by atoms with van der Waals surface area (Å²) in [4.78, 5) is 7.59. The molecule has 1 aromatic rings. The van der Waals surface area contributed by atoms with Crippen molar-refractivity contribution in [1.82, 2.24) is 9.97 Å². The topological polar surface area (TPSA) is 51.8 Å². The molecule has 0 aromatic carbocycles. The highest BCUT2D eigenvalue weighted by Crippen LogP contribution is 2.12. The maximum absolute atomic E-state index is 5.55. The highest BCUT2D eigenvalue weighted by molar-refractivity contribution is 14.1. The molecule has 0 aliphatic rings. The smallest absolute Gasteiger partial charge is 0.163 e. The molecule has 0 aliphatic carbocycles. The van der Waals surface area contributed by atoms with E-state index in [4.69, 9.17) is 17.3 Å². The Morgan fingerprint density at radius 2 is 2.33 bits per heavy atom. The molecule has 0 saturated carbocycles. The highest BCUT2D eigenvalue weighted by atomic mass is 127. The molecule has 0 bridgehead atoms. The third-order valence-corrected chi connectivity index (χ3v) is 2.08. The molecule has 9 heavy (non-hydrogen) atoms. The predicted molar refractivity (Wildman–Crippen MR) is 44.2 cm³/mol. The summed E-state index contributed by atoms with van der Waals surface area (Å²) < 4.78 is 0.670. The first kappa shape index (κ1) is 7.01. The van der Waals surface area contributed by atoms with Gasteiger partial charge in [0.1, 0.15) is 9.52 Å². The maximum Gasteiger partial charge on any atom is 0.163 e. The van der Waals surface area contributed by atoms with Gasteiger partial charge in [-0.05, 0) is 22.6 Å². The number of anilines is 1. The molecule has 1 heterocycles.